The van der Waals surface area contributed by atoms with Crippen molar-refractivity contribution in [3.05, 3.63) is 0 Å². The molecule has 96 valence electrons. The molecule has 0 bridgehead atoms. The van der Waals surface area contributed by atoms with Crippen LogP contribution in [-0.4, -0.2) is 50.3 Å². The van der Waals surface area contributed by atoms with Gasteiger partial charge in [-0.05, 0) is 26.4 Å². The smallest absolute Gasteiger partial charge is 0.332 e. The van der Waals surface area contributed by atoms with Crippen LogP contribution in [0.2, 0.25) is 0 Å². The van der Waals surface area contributed by atoms with Crippen molar-refractivity contribution in [3.8, 4) is 0 Å². The third-order valence-corrected chi connectivity index (χ3v) is 2.35. The van der Waals surface area contributed by atoms with Crippen LogP contribution < -0.4 is 0 Å². The van der Waals surface area contributed by atoms with Crippen molar-refractivity contribution in [3.63, 3.8) is 0 Å². The molecular formula is C12H25NO3. The minimum absolute atomic E-state index is 0.0686. The first kappa shape index (κ1) is 15.4. The summed E-state index contributed by atoms with van der Waals surface area (Å²) in [6.07, 6.45) is 2.42. The molecule has 4 heteroatoms. The molecule has 0 unspecified atom stereocenters. The Balaban J connectivity index is 3.43. The molecule has 0 rings (SSSR count). The monoisotopic (exact) mass is 231 g/mol. The minimum atomic E-state index is -0.279. The zero-order chi connectivity index (χ0) is 12.2. The standard InChI is InChI=1S/C12H25NO3/c1-4-7-8-13(5-2)9-10-15-11-12(14)16-6-3/h4-11H2,1-3H3. The van der Waals surface area contributed by atoms with E-state index in [2.05, 4.69) is 18.7 Å². The Hall–Kier alpha value is -0.610. The highest BCUT2D eigenvalue weighted by atomic mass is 16.6. The van der Waals surface area contributed by atoms with Gasteiger partial charge in [0, 0.05) is 6.54 Å². The lowest BCUT2D eigenvalue weighted by Crippen LogP contribution is -2.29. The van der Waals surface area contributed by atoms with Crippen molar-refractivity contribution < 1.29 is 14.3 Å². The second-order valence-corrected chi connectivity index (χ2v) is 3.65. The van der Waals surface area contributed by atoms with Crippen LogP contribution in [0.15, 0.2) is 0 Å². The molecule has 0 spiro atoms. The maximum Gasteiger partial charge on any atom is 0.332 e. The highest BCUT2D eigenvalue weighted by Crippen LogP contribution is 1.94. The Morgan fingerprint density at radius 2 is 1.94 bits per heavy atom. The lowest BCUT2D eigenvalue weighted by Gasteiger charge is -2.19. The SMILES string of the molecule is CCCCN(CC)CCOCC(=O)OCC. The van der Waals surface area contributed by atoms with Gasteiger partial charge in [-0.15, -0.1) is 0 Å². The Labute approximate surface area is 98.9 Å². The summed E-state index contributed by atoms with van der Waals surface area (Å²) in [6.45, 7) is 10.2. The van der Waals surface area contributed by atoms with Crippen molar-refractivity contribution in [1.82, 2.24) is 4.90 Å². The number of carbonyl (C=O) groups is 1. The minimum Gasteiger partial charge on any atom is -0.464 e. The van der Waals surface area contributed by atoms with Crippen LogP contribution in [0.1, 0.15) is 33.6 Å². The maximum absolute atomic E-state index is 11.0. The summed E-state index contributed by atoms with van der Waals surface area (Å²) < 4.78 is 10.0. The Kier molecular flexibility index (Phi) is 10.5. The van der Waals surface area contributed by atoms with E-state index in [0.717, 1.165) is 19.6 Å². The summed E-state index contributed by atoms with van der Waals surface area (Å²) in [7, 11) is 0. The van der Waals surface area contributed by atoms with Crippen LogP contribution >= 0.6 is 0 Å². The van der Waals surface area contributed by atoms with Gasteiger partial charge in [-0.1, -0.05) is 20.3 Å². The van der Waals surface area contributed by atoms with E-state index in [-0.39, 0.29) is 12.6 Å². The van der Waals surface area contributed by atoms with Gasteiger partial charge in [0.05, 0.1) is 13.2 Å². The van der Waals surface area contributed by atoms with Crippen molar-refractivity contribution in [2.24, 2.45) is 0 Å². The summed E-state index contributed by atoms with van der Waals surface area (Å²) >= 11 is 0. The normalized spacial score (nSPS) is 10.8. The molecule has 0 aliphatic rings. The van der Waals surface area contributed by atoms with Crippen molar-refractivity contribution in [2.45, 2.75) is 33.6 Å². The topological polar surface area (TPSA) is 38.8 Å². The molecule has 0 aromatic carbocycles. The van der Waals surface area contributed by atoms with E-state index >= 15 is 0 Å². The number of rotatable bonds is 10. The summed E-state index contributed by atoms with van der Waals surface area (Å²) in [5, 5.41) is 0. The molecule has 0 aromatic rings. The molecule has 0 amide bonds. The van der Waals surface area contributed by atoms with Gasteiger partial charge in [-0.2, -0.15) is 0 Å². The Morgan fingerprint density at radius 1 is 1.19 bits per heavy atom. The third-order valence-electron chi connectivity index (χ3n) is 2.35. The van der Waals surface area contributed by atoms with Crippen molar-refractivity contribution in [1.29, 1.82) is 0 Å². The first-order chi connectivity index (χ1) is 7.74. The van der Waals surface area contributed by atoms with E-state index in [1.54, 1.807) is 6.92 Å². The number of hydrogen-bond acceptors (Lipinski definition) is 4. The van der Waals surface area contributed by atoms with Crippen LogP contribution in [0.4, 0.5) is 0 Å². The molecule has 0 saturated carbocycles. The van der Waals surface area contributed by atoms with Crippen LogP contribution in [-0.2, 0) is 14.3 Å². The van der Waals surface area contributed by atoms with Gasteiger partial charge >= 0.3 is 5.97 Å². The van der Waals surface area contributed by atoms with Gasteiger partial charge in [0.2, 0.25) is 0 Å². The largest absolute Gasteiger partial charge is 0.464 e. The number of carbonyl (C=O) groups excluding carboxylic acids is 1. The number of hydrogen-bond donors (Lipinski definition) is 0. The summed E-state index contributed by atoms with van der Waals surface area (Å²) in [6, 6.07) is 0. The molecule has 0 fully saturated rings. The van der Waals surface area contributed by atoms with Crippen molar-refractivity contribution >= 4 is 5.97 Å². The lowest BCUT2D eigenvalue weighted by atomic mass is 10.3. The molecule has 0 aliphatic carbocycles. The molecule has 0 heterocycles. The van der Waals surface area contributed by atoms with Gasteiger partial charge in [0.1, 0.15) is 6.61 Å². The molecule has 0 aromatic heterocycles. The third kappa shape index (κ3) is 8.68. The quantitative estimate of drug-likeness (QED) is 0.423. The Morgan fingerprint density at radius 3 is 2.50 bits per heavy atom. The number of unbranched alkanes of at least 4 members (excludes halogenated alkanes) is 1. The molecule has 16 heavy (non-hydrogen) atoms. The fourth-order valence-corrected chi connectivity index (χ4v) is 1.36. The average Bonchev–Trinajstić information content (AvgIpc) is 2.28. The van der Waals surface area contributed by atoms with Gasteiger partial charge in [-0.3, -0.25) is 0 Å². The van der Waals surface area contributed by atoms with E-state index in [1.165, 1.54) is 12.8 Å². The van der Waals surface area contributed by atoms with Crippen molar-refractivity contribution in [2.75, 3.05) is 39.5 Å². The number of ether oxygens (including phenoxy) is 2. The van der Waals surface area contributed by atoms with E-state index in [9.17, 15) is 4.79 Å². The first-order valence-corrected chi connectivity index (χ1v) is 6.20. The van der Waals surface area contributed by atoms with Crippen LogP contribution in [0.5, 0.6) is 0 Å². The zero-order valence-electron chi connectivity index (χ0n) is 10.8. The zero-order valence-corrected chi connectivity index (χ0v) is 10.8. The van der Waals surface area contributed by atoms with E-state index in [4.69, 9.17) is 9.47 Å². The van der Waals surface area contributed by atoms with Crippen LogP contribution in [0.25, 0.3) is 0 Å². The predicted molar refractivity (Wildman–Crippen MR) is 64.5 cm³/mol. The molecule has 0 atom stereocenters. The number of nitrogens with zero attached hydrogens (tertiary/aromatic N) is 1. The molecular weight excluding hydrogens is 206 g/mol. The van der Waals surface area contributed by atoms with Crippen LogP contribution in [0.3, 0.4) is 0 Å². The maximum atomic E-state index is 11.0. The molecule has 0 radical (unpaired) electrons. The summed E-state index contributed by atoms with van der Waals surface area (Å²) in [5.74, 6) is -0.279. The Bertz CT molecular complexity index is 174. The molecule has 0 aliphatic heterocycles. The number of esters is 1. The van der Waals surface area contributed by atoms with Gasteiger partial charge in [0.15, 0.2) is 0 Å². The highest BCUT2D eigenvalue weighted by Gasteiger charge is 2.03. The van der Waals surface area contributed by atoms with E-state index < -0.39 is 0 Å². The van der Waals surface area contributed by atoms with E-state index in [0.29, 0.717) is 13.2 Å². The van der Waals surface area contributed by atoms with Gasteiger partial charge < -0.3 is 14.4 Å². The highest BCUT2D eigenvalue weighted by molar-refractivity contribution is 5.70. The predicted octanol–water partition coefficient (Wildman–Crippen LogP) is 1.69. The average molecular weight is 231 g/mol. The second kappa shape index (κ2) is 10.9. The van der Waals surface area contributed by atoms with Gasteiger partial charge in [0.25, 0.3) is 0 Å². The molecule has 4 nitrogen and oxygen atoms in total. The summed E-state index contributed by atoms with van der Waals surface area (Å²) in [5.41, 5.74) is 0. The van der Waals surface area contributed by atoms with Crippen LogP contribution in [0, 0.1) is 0 Å². The first-order valence-electron chi connectivity index (χ1n) is 6.20. The molecule has 0 saturated heterocycles. The molecule has 0 N–H and O–H groups in total. The van der Waals surface area contributed by atoms with Gasteiger partial charge in [-0.25, -0.2) is 4.79 Å². The second-order valence-electron chi connectivity index (χ2n) is 3.65. The lowest BCUT2D eigenvalue weighted by molar-refractivity contribution is -0.148. The number of likely N-dealkylation sites (N-methyl/N-ethyl adjacent to an activating group) is 1. The fourth-order valence-electron chi connectivity index (χ4n) is 1.36. The fraction of sp³-hybridized carbons (Fsp3) is 0.917. The summed E-state index contributed by atoms with van der Waals surface area (Å²) in [4.78, 5) is 13.3. The van der Waals surface area contributed by atoms with E-state index in [1.807, 2.05) is 0 Å².